The van der Waals surface area contributed by atoms with Gasteiger partial charge in [-0.1, -0.05) is 0 Å². The molecule has 5 nitrogen and oxygen atoms in total. The van der Waals surface area contributed by atoms with Crippen molar-refractivity contribution in [2.24, 2.45) is 5.73 Å². The summed E-state index contributed by atoms with van der Waals surface area (Å²) < 4.78 is 0. The van der Waals surface area contributed by atoms with E-state index in [1.807, 2.05) is 13.0 Å². The molecule has 0 fully saturated rings. The summed E-state index contributed by atoms with van der Waals surface area (Å²) in [4.78, 5) is 16.5. The number of carbonyl (C=O) groups is 1. The fourth-order valence-corrected chi connectivity index (χ4v) is 1.21. The van der Waals surface area contributed by atoms with E-state index in [4.69, 9.17) is 11.0 Å². The second kappa shape index (κ2) is 4.96. The van der Waals surface area contributed by atoms with Gasteiger partial charge in [0.25, 0.3) is 0 Å². The van der Waals surface area contributed by atoms with Crippen LogP contribution in [-0.2, 0) is 4.79 Å². The number of anilines is 1. The smallest absolute Gasteiger partial charge is 0.236 e. The first-order valence-corrected chi connectivity index (χ1v) is 4.56. The van der Waals surface area contributed by atoms with Crippen LogP contribution in [-0.4, -0.2) is 24.0 Å². The first-order valence-electron chi connectivity index (χ1n) is 4.56. The Hall–Kier alpha value is -2.09. The molecule has 2 N–H and O–H groups in total. The quantitative estimate of drug-likeness (QED) is 0.762. The van der Waals surface area contributed by atoms with Gasteiger partial charge in [0.05, 0.1) is 18.4 Å². The normalized spacial score (nSPS) is 9.33. The van der Waals surface area contributed by atoms with Gasteiger partial charge in [-0.25, -0.2) is 4.98 Å². The van der Waals surface area contributed by atoms with Gasteiger partial charge in [0.15, 0.2) is 0 Å². The van der Waals surface area contributed by atoms with Crippen LogP contribution >= 0.6 is 0 Å². The van der Waals surface area contributed by atoms with Gasteiger partial charge in [0, 0.05) is 6.54 Å². The van der Waals surface area contributed by atoms with Gasteiger partial charge in [-0.2, -0.15) is 5.26 Å². The molecule has 1 rings (SSSR count). The van der Waals surface area contributed by atoms with Crippen LogP contribution in [0.2, 0.25) is 0 Å². The number of carbonyl (C=O) groups excluding carboxylic acids is 1. The highest BCUT2D eigenvalue weighted by Crippen LogP contribution is 2.11. The number of nitrogens with zero attached hydrogens (tertiary/aromatic N) is 3. The minimum atomic E-state index is -0.388. The highest BCUT2D eigenvalue weighted by Gasteiger charge is 2.07. The van der Waals surface area contributed by atoms with Crippen LogP contribution in [0.15, 0.2) is 18.3 Å². The van der Waals surface area contributed by atoms with E-state index in [0.29, 0.717) is 12.2 Å². The Kier molecular flexibility index (Phi) is 3.63. The van der Waals surface area contributed by atoms with E-state index in [-0.39, 0.29) is 12.5 Å². The molecule has 0 unspecified atom stereocenters. The fourth-order valence-electron chi connectivity index (χ4n) is 1.21. The number of pyridine rings is 1. The third-order valence-corrected chi connectivity index (χ3v) is 1.96. The van der Waals surface area contributed by atoms with Crippen molar-refractivity contribution >= 4 is 11.6 Å². The molecule has 0 saturated carbocycles. The van der Waals surface area contributed by atoms with Crippen molar-refractivity contribution in [2.75, 3.05) is 18.0 Å². The lowest BCUT2D eigenvalue weighted by atomic mass is 10.3. The molecule has 1 aromatic rings. The second-order valence-electron chi connectivity index (χ2n) is 2.99. The maximum Gasteiger partial charge on any atom is 0.236 e. The second-order valence-corrected chi connectivity index (χ2v) is 2.99. The molecule has 0 bridgehead atoms. The molecule has 5 heteroatoms. The molecule has 0 aliphatic rings. The number of amides is 1. The average molecular weight is 204 g/mol. The van der Waals surface area contributed by atoms with Crippen LogP contribution in [0.4, 0.5) is 5.69 Å². The van der Waals surface area contributed by atoms with E-state index < -0.39 is 0 Å². The lowest BCUT2D eigenvalue weighted by Gasteiger charge is -2.20. The summed E-state index contributed by atoms with van der Waals surface area (Å²) in [5.74, 6) is -0.388. The lowest BCUT2D eigenvalue weighted by Crippen LogP contribution is -2.33. The van der Waals surface area contributed by atoms with Gasteiger partial charge in [0.1, 0.15) is 11.8 Å². The largest absolute Gasteiger partial charge is 0.368 e. The Morgan fingerprint density at radius 1 is 1.67 bits per heavy atom. The van der Waals surface area contributed by atoms with Crippen LogP contribution in [0.1, 0.15) is 12.6 Å². The maximum atomic E-state index is 10.8. The van der Waals surface area contributed by atoms with Crippen molar-refractivity contribution in [1.82, 2.24) is 4.98 Å². The van der Waals surface area contributed by atoms with Crippen LogP contribution in [0.5, 0.6) is 0 Å². The summed E-state index contributed by atoms with van der Waals surface area (Å²) >= 11 is 0. The number of likely N-dealkylation sites (N-methyl/N-ethyl adjacent to an activating group) is 1. The predicted molar refractivity (Wildman–Crippen MR) is 56.0 cm³/mol. The van der Waals surface area contributed by atoms with E-state index in [1.54, 1.807) is 23.2 Å². The zero-order chi connectivity index (χ0) is 11.3. The Balaban J connectivity index is 2.84. The molecule has 0 radical (unpaired) electrons. The minimum Gasteiger partial charge on any atom is -0.368 e. The van der Waals surface area contributed by atoms with Gasteiger partial charge in [0.2, 0.25) is 5.91 Å². The third kappa shape index (κ3) is 2.95. The summed E-state index contributed by atoms with van der Waals surface area (Å²) in [6.07, 6.45) is 1.56. The molecule has 1 amide bonds. The summed E-state index contributed by atoms with van der Waals surface area (Å²) in [6.45, 7) is 2.74. The highest BCUT2D eigenvalue weighted by atomic mass is 16.1. The van der Waals surface area contributed by atoms with E-state index in [0.717, 1.165) is 5.69 Å². The Bertz CT molecular complexity index is 379. The SMILES string of the molecule is CCN(CC(N)=O)c1ccc(C#N)nc1. The van der Waals surface area contributed by atoms with Gasteiger partial charge in [-0.3, -0.25) is 4.79 Å². The predicted octanol–water partition coefficient (Wildman–Crippen LogP) is 0.265. The number of aromatic nitrogens is 1. The molecule has 1 heterocycles. The number of hydrogen-bond donors (Lipinski definition) is 1. The highest BCUT2D eigenvalue weighted by molar-refractivity contribution is 5.79. The van der Waals surface area contributed by atoms with Gasteiger partial charge in [-0.15, -0.1) is 0 Å². The van der Waals surface area contributed by atoms with E-state index in [1.165, 1.54) is 0 Å². The zero-order valence-electron chi connectivity index (χ0n) is 8.47. The number of hydrogen-bond acceptors (Lipinski definition) is 4. The van der Waals surface area contributed by atoms with Crippen LogP contribution < -0.4 is 10.6 Å². The molecule has 0 aliphatic carbocycles. The van der Waals surface area contributed by atoms with E-state index in [9.17, 15) is 4.79 Å². The van der Waals surface area contributed by atoms with E-state index >= 15 is 0 Å². The van der Waals surface area contributed by atoms with Crippen molar-refractivity contribution in [3.8, 4) is 6.07 Å². The van der Waals surface area contributed by atoms with Crippen molar-refractivity contribution in [1.29, 1.82) is 5.26 Å². The zero-order valence-corrected chi connectivity index (χ0v) is 8.47. The van der Waals surface area contributed by atoms with Gasteiger partial charge in [-0.05, 0) is 19.1 Å². The minimum absolute atomic E-state index is 0.157. The number of rotatable bonds is 4. The van der Waals surface area contributed by atoms with Crippen LogP contribution in [0, 0.1) is 11.3 Å². The van der Waals surface area contributed by atoms with Crippen LogP contribution in [0.25, 0.3) is 0 Å². The van der Waals surface area contributed by atoms with Gasteiger partial charge < -0.3 is 10.6 Å². The number of primary amides is 1. The molecule has 15 heavy (non-hydrogen) atoms. The molecule has 0 saturated heterocycles. The van der Waals surface area contributed by atoms with Crippen LogP contribution in [0.3, 0.4) is 0 Å². The van der Waals surface area contributed by atoms with Crippen molar-refractivity contribution in [2.45, 2.75) is 6.92 Å². The maximum absolute atomic E-state index is 10.8. The Morgan fingerprint density at radius 2 is 2.40 bits per heavy atom. The summed E-state index contributed by atoms with van der Waals surface area (Å²) in [5, 5.41) is 8.57. The molecule has 0 aromatic carbocycles. The molecule has 1 aromatic heterocycles. The molecule has 0 atom stereocenters. The van der Waals surface area contributed by atoms with Crippen molar-refractivity contribution in [3.05, 3.63) is 24.0 Å². The first kappa shape index (κ1) is 11.0. The third-order valence-electron chi connectivity index (χ3n) is 1.96. The average Bonchev–Trinajstić information content (AvgIpc) is 2.26. The molecular weight excluding hydrogens is 192 g/mol. The Labute approximate surface area is 88.1 Å². The summed E-state index contributed by atoms with van der Waals surface area (Å²) in [7, 11) is 0. The summed E-state index contributed by atoms with van der Waals surface area (Å²) in [6, 6.07) is 5.29. The monoisotopic (exact) mass is 204 g/mol. The molecule has 78 valence electrons. The van der Waals surface area contributed by atoms with Gasteiger partial charge >= 0.3 is 0 Å². The first-order chi connectivity index (χ1) is 7.17. The van der Waals surface area contributed by atoms with E-state index in [2.05, 4.69) is 4.98 Å². The molecular formula is C10H12N4O. The molecule has 0 aliphatic heterocycles. The Morgan fingerprint density at radius 3 is 2.80 bits per heavy atom. The topological polar surface area (TPSA) is 83.0 Å². The fraction of sp³-hybridized carbons (Fsp3) is 0.300. The molecule has 0 spiro atoms. The number of nitriles is 1. The van der Waals surface area contributed by atoms with Crippen molar-refractivity contribution < 1.29 is 4.79 Å². The number of nitrogens with two attached hydrogens (primary N) is 1. The summed E-state index contributed by atoms with van der Waals surface area (Å²) in [5.41, 5.74) is 6.25. The lowest BCUT2D eigenvalue weighted by molar-refractivity contribution is -0.116. The van der Waals surface area contributed by atoms with Crippen molar-refractivity contribution in [3.63, 3.8) is 0 Å². The standard InChI is InChI=1S/C10H12N4O/c1-2-14(7-10(12)15)9-4-3-8(5-11)13-6-9/h3-4,6H,2,7H2,1H3,(H2,12,15).